The molecule has 5 heteroatoms. The first-order valence-corrected chi connectivity index (χ1v) is 7.77. The fourth-order valence-electron chi connectivity index (χ4n) is 2.22. The van der Waals surface area contributed by atoms with Crippen molar-refractivity contribution in [2.75, 3.05) is 11.9 Å². The Morgan fingerprint density at radius 2 is 2.05 bits per heavy atom. The predicted molar refractivity (Wildman–Crippen MR) is 86.4 cm³/mol. The summed E-state index contributed by atoms with van der Waals surface area (Å²) in [6.45, 7) is 2.83. The van der Waals surface area contributed by atoms with Gasteiger partial charge in [-0.2, -0.15) is 0 Å². The van der Waals surface area contributed by atoms with Crippen LogP contribution in [0.5, 0.6) is 0 Å². The molecule has 0 saturated heterocycles. The summed E-state index contributed by atoms with van der Waals surface area (Å²) in [7, 11) is 0. The van der Waals surface area contributed by atoms with Crippen LogP contribution in [0.3, 0.4) is 0 Å². The van der Waals surface area contributed by atoms with E-state index in [1.807, 2.05) is 0 Å². The number of hydrogen-bond acceptors (Lipinski definition) is 2. The maximum Gasteiger partial charge on any atom is 0.224 e. The number of hydrogen-bond donors (Lipinski definition) is 2. The fraction of sp³-hybridized carbons (Fsp3) is 0.533. The van der Waals surface area contributed by atoms with Gasteiger partial charge in [0.25, 0.3) is 0 Å². The summed E-state index contributed by atoms with van der Waals surface area (Å²) in [6.07, 6.45) is 4.57. The van der Waals surface area contributed by atoms with E-state index in [2.05, 4.69) is 12.2 Å². The van der Waals surface area contributed by atoms with Gasteiger partial charge in [-0.3, -0.25) is 4.79 Å². The molecule has 0 aliphatic carbocycles. The summed E-state index contributed by atoms with van der Waals surface area (Å²) < 4.78 is 0. The van der Waals surface area contributed by atoms with Crippen molar-refractivity contribution in [1.82, 2.24) is 0 Å². The summed E-state index contributed by atoms with van der Waals surface area (Å²) in [4.78, 5) is 11.9. The van der Waals surface area contributed by atoms with Crippen LogP contribution in [-0.2, 0) is 4.79 Å². The summed E-state index contributed by atoms with van der Waals surface area (Å²) in [5, 5.41) is 3.83. The Morgan fingerprint density at radius 1 is 1.30 bits per heavy atom. The van der Waals surface area contributed by atoms with Crippen molar-refractivity contribution in [3.63, 3.8) is 0 Å². The molecule has 20 heavy (non-hydrogen) atoms. The number of nitrogens with two attached hydrogens (primary N) is 1. The predicted octanol–water partition coefficient (Wildman–Crippen LogP) is 4.48. The van der Waals surface area contributed by atoms with Gasteiger partial charge in [0, 0.05) is 11.4 Å². The molecule has 0 saturated carbocycles. The molecular formula is C15H22Cl2N2O. The lowest BCUT2D eigenvalue weighted by atomic mass is 9.94. The molecule has 0 aliphatic heterocycles. The van der Waals surface area contributed by atoms with Crippen molar-refractivity contribution in [3.05, 3.63) is 28.2 Å². The van der Waals surface area contributed by atoms with E-state index < -0.39 is 0 Å². The summed E-state index contributed by atoms with van der Waals surface area (Å²) in [5.41, 5.74) is 6.20. The number of carbonyl (C=O) groups excluding carboxylic acids is 1. The number of rotatable bonds is 8. The molecule has 1 aromatic carbocycles. The van der Waals surface area contributed by atoms with Crippen molar-refractivity contribution in [3.8, 4) is 0 Å². The molecule has 1 atom stereocenters. The zero-order valence-corrected chi connectivity index (χ0v) is 13.3. The normalized spacial score (nSPS) is 12.2. The molecule has 0 spiro atoms. The first-order valence-electron chi connectivity index (χ1n) is 7.01. The van der Waals surface area contributed by atoms with Gasteiger partial charge in [-0.25, -0.2) is 0 Å². The molecule has 0 aromatic heterocycles. The molecule has 0 radical (unpaired) electrons. The maximum absolute atomic E-state index is 11.9. The number of carbonyl (C=O) groups is 1. The van der Waals surface area contributed by atoms with Gasteiger partial charge in [0.1, 0.15) is 0 Å². The van der Waals surface area contributed by atoms with Crippen LogP contribution in [0.2, 0.25) is 10.0 Å². The third kappa shape index (κ3) is 6.12. The largest absolute Gasteiger partial charge is 0.330 e. The topological polar surface area (TPSA) is 55.1 Å². The molecule has 1 unspecified atom stereocenters. The monoisotopic (exact) mass is 316 g/mol. The minimum absolute atomic E-state index is 0.0210. The molecule has 1 amide bonds. The van der Waals surface area contributed by atoms with Gasteiger partial charge < -0.3 is 11.1 Å². The van der Waals surface area contributed by atoms with Crippen LogP contribution in [0.4, 0.5) is 5.69 Å². The zero-order chi connectivity index (χ0) is 15.0. The van der Waals surface area contributed by atoms with Crippen LogP contribution < -0.4 is 11.1 Å². The zero-order valence-electron chi connectivity index (χ0n) is 11.8. The molecule has 0 aliphatic rings. The SMILES string of the molecule is CCCC(CCN)CCC(=O)Nc1ccc(Cl)cc1Cl. The first-order chi connectivity index (χ1) is 9.56. The van der Waals surface area contributed by atoms with Crippen molar-refractivity contribution in [1.29, 1.82) is 0 Å². The summed E-state index contributed by atoms with van der Waals surface area (Å²) in [5.74, 6) is 0.504. The van der Waals surface area contributed by atoms with E-state index >= 15 is 0 Å². The Bertz CT molecular complexity index is 432. The minimum Gasteiger partial charge on any atom is -0.330 e. The summed E-state index contributed by atoms with van der Waals surface area (Å²) in [6, 6.07) is 5.04. The minimum atomic E-state index is -0.0210. The Balaban J connectivity index is 2.46. The highest BCUT2D eigenvalue weighted by molar-refractivity contribution is 6.36. The maximum atomic E-state index is 11.9. The lowest BCUT2D eigenvalue weighted by Crippen LogP contribution is -2.15. The second kappa shape index (κ2) is 9.22. The standard InChI is InChI=1S/C15H22Cl2N2O/c1-2-3-11(8-9-18)4-7-15(20)19-14-6-5-12(16)10-13(14)17/h5-6,10-11H,2-4,7-9,18H2,1H3,(H,19,20). The number of nitrogens with one attached hydrogen (secondary N) is 1. The molecular weight excluding hydrogens is 295 g/mol. The Hall–Kier alpha value is -0.770. The number of halogens is 2. The molecule has 0 fully saturated rings. The highest BCUT2D eigenvalue weighted by Crippen LogP contribution is 2.26. The number of amides is 1. The molecule has 1 rings (SSSR count). The van der Waals surface area contributed by atoms with Gasteiger partial charge in [-0.15, -0.1) is 0 Å². The molecule has 0 bridgehead atoms. The highest BCUT2D eigenvalue weighted by Gasteiger charge is 2.11. The van der Waals surface area contributed by atoms with Crippen molar-refractivity contribution >= 4 is 34.8 Å². The molecule has 112 valence electrons. The third-order valence-electron chi connectivity index (χ3n) is 3.26. The smallest absolute Gasteiger partial charge is 0.224 e. The van der Waals surface area contributed by atoms with Gasteiger partial charge in [0.05, 0.1) is 10.7 Å². The van der Waals surface area contributed by atoms with E-state index in [1.54, 1.807) is 18.2 Å². The van der Waals surface area contributed by atoms with E-state index in [0.29, 0.717) is 34.6 Å². The van der Waals surface area contributed by atoms with E-state index in [0.717, 1.165) is 25.7 Å². The third-order valence-corrected chi connectivity index (χ3v) is 3.80. The molecule has 1 aromatic rings. The first kappa shape index (κ1) is 17.3. The highest BCUT2D eigenvalue weighted by atomic mass is 35.5. The van der Waals surface area contributed by atoms with E-state index in [-0.39, 0.29) is 5.91 Å². The van der Waals surface area contributed by atoms with E-state index in [9.17, 15) is 4.79 Å². The van der Waals surface area contributed by atoms with Crippen LogP contribution >= 0.6 is 23.2 Å². The molecule has 3 nitrogen and oxygen atoms in total. The average Bonchev–Trinajstić information content (AvgIpc) is 2.40. The van der Waals surface area contributed by atoms with Crippen LogP contribution in [-0.4, -0.2) is 12.5 Å². The fourth-order valence-corrected chi connectivity index (χ4v) is 2.67. The average molecular weight is 317 g/mol. The second-order valence-electron chi connectivity index (χ2n) is 4.94. The molecule has 0 heterocycles. The van der Waals surface area contributed by atoms with Gasteiger partial charge >= 0.3 is 0 Å². The van der Waals surface area contributed by atoms with Crippen LogP contribution in [0.1, 0.15) is 39.0 Å². The Labute approximate surface area is 130 Å². The van der Waals surface area contributed by atoms with E-state index in [1.165, 1.54) is 0 Å². The van der Waals surface area contributed by atoms with Gasteiger partial charge in [-0.1, -0.05) is 43.0 Å². The second-order valence-corrected chi connectivity index (χ2v) is 5.79. The van der Waals surface area contributed by atoms with Crippen LogP contribution in [0, 0.1) is 5.92 Å². The number of anilines is 1. The Morgan fingerprint density at radius 3 is 2.65 bits per heavy atom. The van der Waals surface area contributed by atoms with Crippen molar-refractivity contribution < 1.29 is 4.79 Å². The van der Waals surface area contributed by atoms with Gasteiger partial charge in [0.2, 0.25) is 5.91 Å². The van der Waals surface area contributed by atoms with Gasteiger partial charge in [-0.05, 0) is 43.5 Å². The summed E-state index contributed by atoms with van der Waals surface area (Å²) >= 11 is 11.8. The van der Waals surface area contributed by atoms with E-state index in [4.69, 9.17) is 28.9 Å². The van der Waals surface area contributed by atoms with Gasteiger partial charge in [0.15, 0.2) is 0 Å². The quantitative estimate of drug-likeness (QED) is 0.743. The number of benzene rings is 1. The Kier molecular flexibility index (Phi) is 7.97. The lowest BCUT2D eigenvalue weighted by Gasteiger charge is -2.15. The van der Waals surface area contributed by atoms with Crippen molar-refractivity contribution in [2.45, 2.75) is 39.0 Å². The lowest BCUT2D eigenvalue weighted by molar-refractivity contribution is -0.116. The van der Waals surface area contributed by atoms with Crippen LogP contribution in [0.15, 0.2) is 18.2 Å². The molecule has 3 N–H and O–H groups in total. The van der Waals surface area contributed by atoms with Crippen molar-refractivity contribution in [2.24, 2.45) is 11.7 Å². The van der Waals surface area contributed by atoms with Crippen LogP contribution in [0.25, 0.3) is 0 Å².